The lowest BCUT2D eigenvalue weighted by Gasteiger charge is -2.09. The molecule has 0 atom stereocenters. The molecule has 0 amide bonds. The van der Waals surface area contributed by atoms with Gasteiger partial charge in [-0.1, -0.05) is 0 Å². The number of carboxylic acids is 1. The Kier molecular flexibility index (Phi) is 4.97. The minimum absolute atomic E-state index is 0.0225. The van der Waals surface area contributed by atoms with Crippen LogP contribution in [0.1, 0.15) is 24.0 Å². The summed E-state index contributed by atoms with van der Waals surface area (Å²) in [7, 11) is 0. The normalized spacial score (nSPS) is 9.94. The topological polar surface area (TPSA) is 81.3 Å². The Balaban J connectivity index is 3.02. The SMILES string of the molecule is N#Cc1cc(Br)c(O)c(Br)c1CCCC(=O)O. The smallest absolute Gasteiger partial charge is 0.303 e. The predicted molar refractivity (Wildman–Crippen MR) is 68.8 cm³/mol. The summed E-state index contributed by atoms with van der Waals surface area (Å²) < 4.78 is 0.872. The summed E-state index contributed by atoms with van der Waals surface area (Å²) in [5, 5.41) is 27.2. The Hall–Kier alpha value is -1.06. The number of aromatic hydroxyl groups is 1. The number of rotatable bonds is 4. The van der Waals surface area contributed by atoms with Gasteiger partial charge in [-0.25, -0.2) is 0 Å². The van der Waals surface area contributed by atoms with Crippen molar-refractivity contribution in [3.8, 4) is 11.8 Å². The van der Waals surface area contributed by atoms with Crippen LogP contribution in [0.5, 0.6) is 5.75 Å². The van der Waals surface area contributed by atoms with Gasteiger partial charge < -0.3 is 10.2 Å². The average Bonchev–Trinajstić information content (AvgIpc) is 2.28. The van der Waals surface area contributed by atoms with E-state index in [1.165, 1.54) is 6.07 Å². The van der Waals surface area contributed by atoms with Crippen molar-refractivity contribution in [2.24, 2.45) is 0 Å². The molecule has 0 radical (unpaired) electrons. The van der Waals surface area contributed by atoms with Gasteiger partial charge in [0.25, 0.3) is 0 Å². The molecule has 0 saturated carbocycles. The Morgan fingerprint density at radius 2 is 2.12 bits per heavy atom. The van der Waals surface area contributed by atoms with Crippen LogP contribution in [-0.2, 0) is 11.2 Å². The van der Waals surface area contributed by atoms with Crippen LogP contribution in [0.2, 0.25) is 0 Å². The number of hydrogen-bond acceptors (Lipinski definition) is 3. The number of hydrogen-bond donors (Lipinski definition) is 2. The van der Waals surface area contributed by atoms with Crippen LogP contribution in [-0.4, -0.2) is 16.2 Å². The first-order chi connectivity index (χ1) is 7.97. The predicted octanol–water partition coefficient (Wildman–Crippen LogP) is 3.20. The summed E-state index contributed by atoms with van der Waals surface area (Å²) in [6, 6.07) is 3.55. The molecule has 0 fully saturated rings. The summed E-state index contributed by atoms with van der Waals surface area (Å²) in [5.74, 6) is -0.852. The van der Waals surface area contributed by atoms with Crippen molar-refractivity contribution in [1.82, 2.24) is 0 Å². The van der Waals surface area contributed by atoms with E-state index in [0.717, 1.165) is 0 Å². The highest BCUT2D eigenvalue weighted by Gasteiger charge is 2.14. The lowest BCUT2D eigenvalue weighted by molar-refractivity contribution is -0.137. The molecule has 4 nitrogen and oxygen atoms in total. The van der Waals surface area contributed by atoms with Crippen LogP contribution in [0, 0.1) is 11.3 Å². The Morgan fingerprint density at radius 1 is 1.47 bits per heavy atom. The minimum Gasteiger partial charge on any atom is -0.506 e. The van der Waals surface area contributed by atoms with E-state index < -0.39 is 5.97 Å². The molecule has 0 aromatic heterocycles. The van der Waals surface area contributed by atoms with Gasteiger partial charge in [-0.05, 0) is 56.3 Å². The van der Waals surface area contributed by atoms with E-state index in [1.54, 1.807) is 0 Å². The van der Waals surface area contributed by atoms with Crippen molar-refractivity contribution >= 4 is 37.8 Å². The third kappa shape index (κ3) is 3.45. The number of aliphatic carboxylic acids is 1. The molecule has 0 aliphatic carbocycles. The first-order valence-electron chi connectivity index (χ1n) is 4.79. The van der Waals surface area contributed by atoms with Gasteiger partial charge in [0.05, 0.1) is 20.6 Å². The van der Waals surface area contributed by atoms with Crippen LogP contribution in [0.3, 0.4) is 0 Å². The maximum atomic E-state index is 10.4. The first kappa shape index (κ1) is 14.0. The number of halogens is 2. The molecule has 1 aromatic rings. The third-order valence-corrected chi connectivity index (χ3v) is 3.69. The van der Waals surface area contributed by atoms with Crippen molar-refractivity contribution in [2.75, 3.05) is 0 Å². The molecule has 90 valence electrons. The lowest BCUT2D eigenvalue weighted by Crippen LogP contribution is -1.98. The van der Waals surface area contributed by atoms with Crippen LogP contribution < -0.4 is 0 Å². The fourth-order valence-electron chi connectivity index (χ4n) is 1.41. The summed E-state index contributed by atoms with van der Waals surface area (Å²) >= 11 is 6.35. The van der Waals surface area contributed by atoms with E-state index in [1.807, 2.05) is 6.07 Å². The number of carboxylic acid groups (broad SMARTS) is 1. The highest BCUT2D eigenvalue weighted by Crippen LogP contribution is 2.37. The second-order valence-corrected chi connectivity index (χ2v) is 5.05. The van der Waals surface area contributed by atoms with E-state index in [0.29, 0.717) is 32.9 Å². The summed E-state index contributed by atoms with van der Waals surface area (Å²) in [5.41, 5.74) is 1.06. The largest absolute Gasteiger partial charge is 0.506 e. The van der Waals surface area contributed by atoms with E-state index in [2.05, 4.69) is 31.9 Å². The number of phenols is 1. The molecule has 0 aliphatic rings. The van der Waals surface area contributed by atoms with Gasteiger partial charge >= 0.3 is 5.97 Å². The second kappa shape index (κ2) is 6.03. The Morgan fingerprint density at radius 3 is 2.65 bits per heavy atom. The molecular formula is C11H9Br2NO3. The maximum absolute atomic E-state index is 10.4. The van der Waals surface area contributed by atoms with Gasteiger partial charge in [0.15, 0.2) is 0 Å². The summed E-state index contributed by atoms with van der Waals surface area (Å²) in [6.07, 6.45) is 0.883. The molecule has 0 unspecified atom stereocenters. The van der Waals surface area contributed by atoms with E-state index in [-0.39, 0.29) is 12.2 Å². The molecule has 0 bridgehead atoms. The minimum atomic E-state index is -0.874. The second-order valence-electron chi connectivity index (χ2n) is 3.41. The van der Waals surface area contributed by atoms with E-state index in [4.69, 9.17) is 10.4 Å². The van der Waals surface area contributed by atoms with Crippen molar-refractivity contribution in [3.05, 3.63) is 26.1 Å². The van der Waals surface area contributed by atoms with Crippen molar-refractivity contribution in [1.29, 1.82) is 5.26 Å². The van der Waals surface area contributed by atoms with Gasteiger partial charge in [0.2, 0.25) is 0 Å². The molecule has 6 heteroatoms. The number of nitrogens with zero attached hydrogens (tertiary/aromatic N) is 1. The maximum Gasteiger partial charge on any atom is 0.303 e. The molecule has 0 saturated heterocycles. The van der Waals surface area contributed by atoms with Crippen molar-refractivity contribution in [2.45, 2.75) is 19.3 Å². The van der Waals surface area contributed by atoms with Gasteiger partial charge in [-0.15, -0.1) is 0 Å². The average molecular weight is 363 g/mol. The highest BCUT2D eigenvalue weighted by molar-refractivity contribution is 9.11. The zero-order valence-electron chi connectivity index (χ0n) is 8.70. The van der Waals surface area contributed by atoms with E-state index in [9.17, 15) is 9.90 Å². The van der Waals surface area contributed by atoms with Crippen molar-refractivity contribution < 1.29 is 15.0 Å². The number of benzene rings is 1. The van der Waals surface area contributed by atoms with E-state index >= 15 is 0 Å². The van der Waals surface area contributed by atoms with Crippen LogP contribution in [0.15, 0.2) is 15.0 Å². The van der Waals surface area contributed by atoms with Gasteiger partial charge in [-0.3, -0.25) is 4.79 Å². The monoisotopic (exact) mass is 361 g/mol. The molecular weight excluding hydrogens is 354 g/mol. The quantitative estimate of drug-likeness (QED) is 0.861. The Bertz CT molecular complexity index is 494. The third-order valence-electron chi connectivity index (χ3n) is 2.23. The zero-order valence-corrected chi connectivity index (χ0v) is 11.9. The molecule has 0 aliphatic heterocycles. The lowest BCUT2D eigenvalue weighted by atomic mass is 10.0. The molecule has 17 heavy (non-hydrogen) atoms. The fraction of sp³-hybridized carbons (Fsp3) is 0.273. The number of phenolic OH excluding ortho intramolecular Hbond substituents is 1. The molecule has 2 N–H and O–H groups in total. The zero-order chi connectivity index (χ0) is 13.0. The molecule has 1 rings (SSSR count). The standard InChI is InChI=1S/C11H9Br2NO3/c12-8-4-6(5-14)7(10(13)11(8)17)2-1-3-9(15)16/h4,17H,1-3H2,(H,15,16). The Labute approximate surface area is 115 Å². The molecule has 0 spiro atoms. The summed E-state index contributed by atoms with van der Waals surface area (Å²) in [4.78, 5) is 10.4. The van der Waals surface area contributed by atoms with Crippen LogP contribution in [0.4, 0.5) is 0 Å². The highest BCUT2D eigenvalue weighted by atomic mass is 79.9. The molecule has 1 aromatic carbocycles. The fourth-order valence-corrected chi connectivity index (χ4v) is 2.73. The van der Waals surface area contributed by atoms with Gasteiger partial charge in [-0.2, -0.15) is 5.26 Å². The number of nitriles is 1. The van der Waals surface area contributed by atoms with Crippen LogP contribution in [0.25, 0.3) is 0 Å². The molecule has 0 heterocycles. The van der Waals surface area contributed by atoms with Gasteiger partial charge in [0.1, 0.15) is 5.75 Å². The van der Waals surface area contributed by atoms with Crippen molar-refractivity contribution in [3.63, 3.8) is 0 Å². The number of carbonyl (C=O) groups is 1. The van der Waals surface area contributed by atoms with Gasteiger partial charge in [0, 0.05) is 6.42 Å². The summed E-state index contributed by atoms with van der Waals surface area (Å²) in [6.45, 7) is 0. The van der Waals surface area contributed by atoms with Crippen LogP contribution >= 0.6 is 31.9 Å². The first-order valence-corrected chi connectivity index (χ1v) is 6.37.